The number of hydrogen-bond acceptors (Lipinski definition) is 5. The summed E-state index contributed by atoms with van der Waals surface area (Å²) in [7, 11) is 0. The van der Waals surface area contributed by atoms with Gasteiger partial charge in [-0.25, -0.2) is 9.38 Å². The number of carbonyl (C=O) groups is 3. The molecule has 1 atom stereocenters. The van der Waals surface area contributed by atoms with Crippen molar-refractivity contribution in [3.63, 3.8) is 0 Å². The van der Waals surface area contributed by atoms with Crippen LogP contribution in [0.15, 0.2) is 40.3 Å². The maximum atomic E-state index is 12.9. The molecule has 2 N–H and O–H groups in total. The minimum Gasteiger partial charge on any atom is -0.344 e. The molecule has 2 heterocycles. The van der Waals surface area contributed by atoms with E-state index in [1.165, 1.54) is 28.9 Å². The van der Waals surface area contributed by atoms with Gasteiger partial charge in [0.1, 0.15) is 11.6 Å². The number of aromatic nitrogens is 2. The van der Waals surface area contributed by atoms with Gasteiger partial charge in [0.05, 0.1) is 11.6 Å². The lowest BCUT2D eigenvalue weighted by Crippen LogP contribution is -2.36. The largest absolute Gasteiger partial charge is 0.344 e. The van der Waals surface area contributed by atoms with Crippen LogP contribution in [0.25, 0.3) is 0 Å². The third kappa shape index (κ3) is 4.02. The van der Waals surface area contributed by atoms with Gasteiger partial charge in [-0.3, -0.25) is 14.4 Å². The van der Waals surface area contributed by atoms with Gasteiger partial charge in [-0.05, 0) is 43.9 Å². The predicted molar refractivity (Wildman–Crippen MR) is 106 cm³/mol. The number of nitrogens with zero attached hydrogens (tertiary/aromatic N) is 4. The van der Waals surface area contributed by atoms with Crippen LogP contribution in [0, 0.1) is 18.7 Å². The van der Waals surface area contributed by atoms with E-state index in [0.717, 1.165) is 25.0 Å². The maximum Gasteiger partial charge on any atom is 0.314 e. The Hall–Kier alpha value is -3.69. The number of aryl methyl sites for hydroxylation is 1. The predicted octanol–water partition coefficient (Wildman–Crippen LogP) is 1.57. The number of fused-ring (bicyclic) bond motifs is 1. The first-order chi connectivity index (χ1) is 14.4. The van der Waals surface area contributed by atoms with Crippen molar-refractivity contribution in [2.75, 3.05) is 5.32 Å². The molecular formula is C20H19FN6O3. The Kier molecular flexibility index (Phi) is 5.21. The van der Waals surface area contributed by atoms with Gasteiger partial charge in [0, 0.05) is 18.3 Å². The number of aliphatic imine (C=N–C) groups is 2. The minimum absolute atomic E-state index is 0.0705. The number of halogens is 1. The van der Waals surface area contributed by atoms with E-state index < -0.39 is 11.8 Å². The van der Waals surface area contributed by atoms with Gasteiger partial charge in [0.2, 0.25) is 0 Å². The Morgan fingerprint density at radius 2 is 1.97 bits per heavy atom. The molecule has 10 heteroatoms. The first kappa shape index (κ1) is 19.6. The lowest BCUT2D eigenvalue weighted by Gasteiger charge is -2.15. The van der Waals surface area contributed by atoms with Gasteiger partial charge in [0.15, 0.2) is 0 Å². The average Bonchev–Trinajstić information content (AvgIpc) is 3.33. The first-order valence-corrected chi connectivity index (χ1v) is 9.51. The van der Waals surface area contributed by atoms with Crippen molar-refractivity contribution in [1.29, 1.82) is 0 Å². The molecule has 3 amide bonds. The van der Waals surface area contributed by atoms with Crippen LogP contribution in [0.3, 0.4) is 0 Å². The number of anilines is 1. The number of carbonyl (C=O) groups excluding carboxylic acids is 3. The second-order valence-electron chi connectivity index (χ2n) is 7.14. The Labute approximate surface area is 171 Å². The zero-order valence-electron chi connectivity index (χ0n) is 16.2. The first-order valence-electron chi connectivity index (χ1n) is 9.51. The molecule has 0 bridgehead atoms. The molecule has 1 unspecified atom stereocenters. The molecule has 1 aromatic heterocycles. The van der Waals surface area contributed by atoms with Crippen LogP contribution in [-0.4, -0.2) is 39.2 Å². The van der Waals surface area contributed by atoms with Crippen LogP contribution in [0.1, 0.15) is 30.5 Å². The zero-order chi connectivity index (χ0) is 21.3. The molecule has 1 fully saturated rings. The van der Waals surface area contributed by atoms with E-state index in [9.17, 15) is 18.8 Å². The highest BCUT2D eigenvalue weighted by molar-refractivity contribution is 6.39. The monoisotopic (exact) mass is 410 g/mol. The maximum absolute atomic E-state index is 12.9. The molecule has 30 heavy (non-hydrogen) atoms. The van der Waals surface area contributed by atoms with Gasteiger partial charge >= 0.3 is 11.8 Å². The van der Waals surface area contributed by atoms with E-state index in [2.05, 4.69) is 25.7 Å². The molecule has 2 aliphatic rings. The minimum atomic E-state index is -0.910. The van der Waals surface area contributed by atoms with E-state index in [-0.39, 0.29) is 36.0 Å². The third-order valence-corrected chi connectivity index (χ3v) is 4.91. The van der Waals surface area contributed by atoms with Gasteiger partial charge in [-0.15, -0.1) is 0 Å². The fraction of sp³-hybridized carbons (Fsp3) is 0.300. The topological polar surface area (TPSA) is 118 Å². The van der Waals surface area contributed by atoms with Crippen molar-refractivity contribution in [2.45, 2.75) is 32.7 Å². The van der Waals surface area contributed by atoms with Crippen LogP contribution < -0.4 is 10.6 Å². The summed E-state index contributed by atoms with van der Waals surface area (Å²) < 4.78 is 14.2. The van der Waals surface area contributed by atoms with Crippen LogP contribution in [0.5, 0.6) is 0 Å². The fourth-order valence-corrected chi connectivity index (χ4v) is 3.43. The highest BCUT2D eigenvalue weighted by Gasteiger charge is 2.33. The molecule has 0 saturated heterocycles. The molecule has 9 nitrogen and oxygen atoms in total. The zero-order valence-corrected chi connectivity index (χ0v) is 16.2. The number of nitrogens with one attached hydrogen (secondary N) is 2. The number of amides is 3. The second-order valence-corrected chi connectivity index (χ2v) is 7.14. The lowest BCUT2D eigenvalue weighted by atomic mass is 10.1. The molecule has 1 aliphatic carbocycles. The molecule has 4 rings (SSSR count). The Balaban J connectivity index is 1.46. The Morgan fingerprint density at radius 1 is 1.20 bits per heavy atom. The highest BCUT2D eigenvalue weighted by atomic mass is 19.1. The summed E-state index contributed by atoms with van der Waals surface area (Å²) in [6, 6.07) is 7.12. The number of hydrogen-bond donors (Lipinski definition) is 2. The Bertz CT molecular complexity index is 1090. The SMILES string of the molecule is Cc1cc(NC(=O)C(=O)NCc2ccc(F)cc2)n(C2=NC(=O)C3CCCC3=N2)n1. The number of rotatable bonds is 3. The summed E-state index contributed by atoms with van der Waals surface area (Å²) in [6.07, 6.45) is 2.35. The Morgan fingerprint density at radius 3 is 2.73 bits per heavy atom. The van der Waals surface area contributed by atoms with Crippen molar-refractivity contribution in [3.05, 3.63) is 47.4 Å². The standard InChI is InChI=1S/C20H19FN6O3/c1-11-9-16(24-19(30)18(29)22-10-12-5-7-13(21)8-6-12)27(26-11)20-23-15-4-2-3-14(15)17(28)25-20/h5-9,14H,2-4,10H2,1H3,(H,22,29)(H,24,30). The lowest BCUT2D eigenvalue weighted by molar-refractivity contribution is -0.136. The fourth-order valence-electron chi connectivity index (χ4n) is 3.43. The molecular weight excluding hydrogens is 391 g/mol. The van der Waals surface area contributed by atoms with E-state index in [1.54, 1.807) is 13.0 Å². The van der Waals surface area contributed by atoms with Crippen LogP contribution in [0.4, 0.5) is 10.2 Å². The third-order valence-electron chi connectivity index (χ3n) is 4.91. The molecule has 154 valence electrons. The normalized spacial score (nSPS) is 17.8. The molecule has 1 aliphatic heterocycles. The van der Waals surface area contributed by atoms with Gasteiger partial charge in [-0.1, -0.05) is 12.1 Å². The number of benzene rings is 1. The van der Waals surface area contributed by atoms with Crippen molar-refractivity contribution in [1.82, 2.24) is 15.1 Å². The van der Waals surface area contributed by atoms with Crippen molar-refractivity contribution >= 4 is 35.2 Å². The summed E-state index contributed by atoms with van der Waals surface area (Å²) in [5, 5.41) is 9.18. The average molecular weight is 410 g/mol. The van der Waals surface area contributed by atoms with Crippen LogP contribution >= 0.6 is 0 Å². The van der Waals surface area contributed by atoms with Crippen molar-refractivity contribution < 1.29 is 18.8 Å². The molecule has 1 saturated carbocycles. The summed E-state index contributed by atoms with van der Waals surface area (Å²) in [5.41, 5.74) is 1.98. The van der Waals surface area contributed by atoms with Crippen LogP contribution in [-0.2, 0) is 20.9 Å². The van der Waals surface area contributed by atoms with E-state index in [0.29, 0.717) is 11.3 Å². The second kappa shape index (κ2) is 7.97. The van der Waals surface area contributed by atoms with E-state index >= 15 is 0 Å². The molecule has 0 radical (unpaired) electrons. The molecule has 1 aromatic carbocycles. The molecule has 2 aromatic rings. The van der Waals surface area contributed by atoms with Gasteiger partial charge in [-0.2, -0.15) is 14.8 Å². The van der Waals surface area contributed by atoms with Gasteiger partial charge in [0.25, 0.3) is 11.9 Å². The van der Waals surface area contributed by atoms with Gasteiger partial charge < -0.3 is 10.6 Å². The summed E-state index contributed by atoms with van der Waals surface area (Å²) in [6.45, 7) is 1.78. The van der Waals surface area contributed by atoms with E-state index in [4.69, 9.17) is 0 Å². The summed E-state index contributed by atoms with van der Waals surface area (Å²) in [5.74, 6) is -2.44. The van der Waals surface area contributed by atoms with E-state index in [1.807, 2.05) is 0 Å². The van der Waals surface area contributed by atoms with Crippen molar-refractivity contribution in [3.8, 4) is 0 Å². The quantitative estimate of drug-likeness (QED) is 0.747. The highest BCUT2D eigenvalue weighted by Crippen LogP contribution is 2.27. The molecule has 0 spiro atoms. The summed E-state index contributed by atoms with van der Waals surface area (Å²) >= 11 is 0. The summed E-state index contributed by atoms with van der Waals surface area (Å²) in [4.78, 5) is 45.2. The van der Waals surface area contributed by atoms with Crippen LogP contribution in [0.2, 0.25) is 0 Å². The van der Waals surface area contributed by atoms with Crippen molar-refractivity contribution in [2.24, 2.45) is 15.9 Å². The smallest absolute Gasteiger partial charge is 0.314 e.